The standard InChI is InChI=1S/C29H38N6O5Si/c1-29(2,3)40-28(36)34-12-10-19-7-8-21(15-20(19)16-34)38-23-9-11-31-25-24(23)22(26-32-33-27(30)39-26)17-35(25)18-37-13-14-41(4,5)6/h7-9,11,15,17H,10,12-14,16,18H2,1-6H3,(H2,30,33). The van der Waals surface area contributed by atoms with Crippen molar-refractivity contribution < 1.29 is 23.4 Å². The van der Waals surface area contributed by atoms with Gasteiger partial charge in [-0.25, -0.2) is 9.78 Å². The lowest BCUT2D eigenvalue weighted by Gasteiger charge is -2.31. The third-order valence-corrected chi connectivity index (χ3v) is 8.39. The van der Waals surface area contributed by atoms with Gasteiger partial charge in [-0.15, -0.1) is 5.10 Å². The van der Waals surface area contributed by atoms with Crippen LogP contribution in [0.15, 0.2) is 41.1 Å². The van der Waals surface area contributed by atoms with Crippen LogP contribution in [0.25, 0.3) is 22.5 Å². The Balaban J connectivity index is 1.43. The summed E-state index contributed by atoms with van der Waals surface area (Å²) in [5.41, 5.74) is 8.71. The number of benzene rings is 1. The summed E-state index contributed by atoms with van der Waals surface area (Å²) in [5, 5.41) is 8.66. The van der Waals surface area contributed by atoms with Gasteiger partial charge in [-0.1, -0.05) is 30.8 Å². The van der Waals surface area contributed by atoms with Crippen molar-refractivity contribution in [1.29, 1.82) is 0 Å². The van der Waals surface area contributed by atoms with Gasteiger partial charge in [-0.2, -0.15) is 0 Å². The number of nitrogens with zero attached hydrogens (tertiary/aromatic N) is 5. The van der Waals surface area contributed by atoms with Gasteiger partial charge < -0.3 is 33.8 Å². The van der Waals surface area contributed by atoms with Crippen LogP contribution in [0.1, 0.15) is 31.9 Å². The summed E-state index contributed by atoms with van der Waals surface area (Å²) in [7, 11) is -1.22. The van der Waals surface area contributed by atoms with E-state index in [1.165, 1.54) is 5.56 Å². The molecule has 0 bridgehead atoms. The number of pyridine rings is 1. The molecule has 0 radical (unpaired) electrons. The van der Waals surface area contributed by atoms with E-state index < -0.39 is 13.7 Å². The number of aromatic nitrogens is 4. The first kappa shape index (κ1) is 28.6. The van der Waals surface area contributed by atoms with Crippen LogP contribution in [0.4, 0.5) is 10.8 Å². The number of hydrogen-bond donors (Lipinski definition) is 1. The highest BCUT2D eigenvalue weighted by atomic mass is 28.3. The number of carbonyl (C=O) groups excluding carboxylic acids is 1. The molecule has 4 heterocycles. The van der Waals surface area contributed by atoms with E-state index in [2.05, 4.69) is 34.8 Å². The fourth-order valence-electron chi connectivity index (χ4n) is 4.62. The lowest BCUT2D eigenvalue weighted by molar-refractivity contribution is 0.0223. The smallest absolute Gasteiger partial charge is 0.410 e. The first-order valence-electron chi connectivity index (χ1n) is 13.8. The lowest BCUT2D eigenvalue weighted by atomic mass is 10.00. The molecule has 2 N–H and O–H groups in total. The first-order valence-corrected chi connectivity index (χ1v) is 17.5. The van der Waals surface area contributed by atoms with Crippen molar-refractivity contribution in [2.24, 2.45) is 0 Å². The Kier molecular flexibility index (Phi) is 7.80. The largest absolute Gasteiger partial charge is 0.457 e. The molecule has 3 aromatic heterocycles. The minimum absolute atomic E-state index is 0.0251. The molecule has 1 aromatic carbocycles. The maximum atomic E-state index is 12.7. The van der Waals surface area contributed by atoms with Crippen LogP contribution in [0.5, 0.6) is 11.5 Å². The zero-order valence-corrected chi connectivity index (χ0v) is 25.6. The molecule has 0 fully saturated rings. The van der Waals surface area contributed by atoms with Crippen LogP contribution >= 0.6 is 0 Å². The highest BCUT2D eigenvalue weighted by Gasteiger charge is 2.26. The maximum Gasteiger partial charge on any atom is 0.410 e. The van der Waals surface area contributed by atoms with Gasteiger partial charge >= 0.3 is 12.1 Å². The average molecular weight is 579 g/mol. The van der Waals surface area contributed by atoms with Crippen LogP contribution in [0.2, 0.25) is 25.7 Å². The number of amides is 1. The van der Waals surface area contributed by atoms with E-state index in [-0.39, 0.29) is 18.0 Å². The monoisotopic (exact) mass is 578 g/mol. The zero-order valence-electron chi connectivity index (χ0n) is 24.6. The van der Waals surface area contributed by atoms with E-state index in [1.807, 2.05) is 49.7 Å². The minimum Gasteiger partial charge on any atom is -0.457 e. The number of nitrogens with two attached hydrogens (primary N) is 1. The molecular weight excluding hydrogens is 540 g/mol. The predicted octanol–water partition coefficient (Wildman–Crippen LogP) is 6.07. The van der Waals surface area contributed by atoms with Crippen LogP contribution in [0.3, 0.4) is 0 Å². The summed E-state index contributed by atoms with van der Waals surface area (Å²) < 4.78 is 25.5. The van der Waals surface area contributed by atoms with Gasteiger partial charge in [0, 0.05) is 40.2 Å². The first-order chi connectivity index (χ1) is 19.4. The number of carbonyl (C=O) groups is 1. The van der Waals surface area contributed by atoms with Crippen molar-refractivity contribution in [2.45, 2.75) is 71.8 Å². The normalized spacial score (nSPS) is 13.9. The third-order valence-electron chi connectivity index (χ3n) is 6.69. The second-order valence-corrected chi connectivity index (χ2v) is 18.1. The molecule has 0 unspecified atom stereocenters. The Bertz CT molecular complexity index is 1550. The maximum absolute atomic E-state index is 12.7. The molecule has 1 aliphatic rings. The summed E-state index contributed by atoms with van der Waals surface area (Å²) in [4.78, 5) is 19.0. The van der Waals surface area contributed by atoms with E-state index in [0.29, 0.717) is 54.5 Å². The van der Waals surface area contributed by atoms with Gasteiger partial charge in [0.2, 0.25) is 0 Å². The molecule has 0 aliphatic carbocycles. The summed E-state index contributed by atoms with van der Waals surface area (Å²) >= 11 is 0. The summed E-state index contributed by atoms with van der Waals surface area (Å²) in [6.45, 7) is 14.6. The number of hydrogen-bond acceptors (Lipinski definition) is 9. The molecule has 41 heavy (non-hydrogen) atoms. The van der Waals surface area contributed by atoms with Gasteiger partial charge in [0.15, 0.2) is 0 Å². The highest BCUT2D eigenvalue weighted by Crippen LogP contribution is 2.38. The number of anilines is 1. The minimum atomic E-state index is -1.22. The Hall–Kier alpha value is -3.90. The van der Waals surface area contributed by atoms with E-state index >= 15 is 0 Å². The second-order valence-electron chi connectivity index (χ2n) is 12.5. The molecule has 1 aliphatic heterocycles. The molecule has 0 spiro atoms. The van der Waals surface area contributed by atoms with Crippen molar-refractivity contribution in [3.8, 4) is 23.0 Å². The quantitative estimate of drug-likeness (QED) is 0.196. The molecule has 12 heteroatoms. The van der Waals surface area contributed by atoms with Gasteiger partial charge in [0.1, 0.15) is 29.5 Å². The van der Waals surface area contributed by atoms with E-state index in [4.69, 9.17) is 24.4 Å². The van der Waals surface area contributed by atoms with E-state index in [9.17, 15) is 4.79 Å². The fourth-order valence-corrected chi connectivity index (χ4v) is 5.38. The number of ether oxygens (including phenoxy) is 3. The highest BCUT2D eigenvalue weighted by molar-refractivity contribution is 6.76. The molecule has 218 valence electrons. The number of rotatable bonds is 8. The van der Waals surface area contributed by atoms with E-state index in [0.717, 1.165) is 18.0 Å². The van der Waals surface area contributed by atoms with Crippen molar-refractivity contribution in [2.75, 3.05) is 18.9 Å². The van der Waals surface area contributed by atoms with Gasteiger partial charge in [-0.05, 0) is 62.6 Å². The van der Waals surface area contributed by atoms with Crippen LogP contribution in [-0.2, 0) is 29.2 Å². The molecule has 4 aromatic rings. The summed E-state index contributed by atoms with van der Waals surface area (Å²) in [6.07, 6.45) is 4.00. The predicted molar refractivity (Wildman–Crippen MR) is 158 cm³/mol. The van der Waals surface area contributed by atoms with Crippen molar-refractivity contribution in [3.63, 3.8) is 0 Å². The fraction of sp³-hybridized carbons (Fsp3) is 0.448. The Morgan fingerprint density at radius 1 is 1.15 bits per heavy atom. The average Bonchev–Trinajstić information content (AvgIpc) is 3.48. The molecular formula is C29H38N6O5Si. The topological polar surface area (TPSA) is 131 Å². The number of fused-ring (bicyclic) bond motifs is 2. The lowest BCUT2D eigenvalue weighted by Crippen LogP contribution is -2.39. The van der Waals surface area contributed by atoms with Crippen molar-refractivity contribution in [3.05, 3.63) is 47.8 Å². The van der Waals surface area contributed by atoms with Crippen molar-refractivity contribution in [1.82, 2.24) is 24.6 Å². The van der Waals surface area contributed by atoms with Gasteiger partial charge in [0.25, 0.3) is 5.89 Å². The molecule has 0 saturated heterocycles. The van der Waals surface area contributed by atoms with Gasteiger partial charge in [0.05, 0.1) is 10.9 Å². The van der Waals surface area contributed by atoms with Crippen LogP contribution in [0, 0.1) is 0 Å². The summed E-state index contributed by atoms with van der Waals surface area (Å²) in [5.74, 6) is 1.48. The third kappa shape index (κ3) is 6.88. The SMILES string of the molecule is CC(C)(C)OC(=O)N1CCc2ccc(Oc3ccnc4c3c(-c3nnc(N)o3)cn4COCC[Si](C)(C)C)cc2C1. The zero-order chi connectivity index (χ0) is 29.4. The second kappa shape index (κ2) is 11.2. The van der Waals surface area contributed by atoms with Crippen LogP contribution < -0.4 is 10.5 Å². The number of nitrogen functional groups attached to an aromatic ring is 1. The molecule has 0 atom stereocenters. The molecule has 0 saturated carbocycles. The molecule has 1 amide bonds. The van der Waals surface area contributed by atoms with Crippen molar-refractivity contribution >= 4 is 31.2 Å². The Morgan fingerprint density at radius 3 is 2.66 bits per heavy atom. The molecule has 5 rings (SSSR count). The van der Waals surface area contributed by atoms with Gasteiger partial charge in [-0.3, -0.25) is 0 Å². The Morgan fingerprint density at radius 2 is 1.95 bits per heavy atom. The summed E-state index contributed by atoms with van der Waals surface area (Å²) in [6, 6.07) is 8.79. The Labute approximate surface area is 240 Å². The van der Waals surface area contributed by atoms with Crippen LogP contribution in [-0.4, -0.2) is 57.6 Å². The van der Waals surface area contributed by atoms with E-state index in [1.54, 1.807) is 17.2 Å². The molecule has 11 nitrogen and oxygen atoms in total.